The van der Waals surface area contributed by atoms with E-state index in [1.54, 1.807) is 12.1 Å². The second-order valence-electron chi connectivity index (χ2n) is 7.78. The van der Waals surface area contributed by atoms with Crippen LogP contribution in [0.1, 0.15) is 29.1 Å². The molecule has 0 spiro atoms. The predicted octanol–water partition coefficient (Wildman–Crippen LogP) is 4.08. The third-order valence-electron chi connectivity index (χ3n) is 4.97. The van der Waals surface area contributed by atoms with Crippen molar-refractivity contribution < 1.29 is 13.2 Å². The summed E-state index contributed by atoms with van der Waals surface area (Å²) in [6.45, 7) is 6.40. The van der Waals surface area contributed by atoms with Gasteiger partial charge in [-0.05, 0) is 29.7 Å². The van der Waals surface area contributed by atoms with Crippen LogP contribution in [0.5, 0.6) is 0 Å². The Morgan fingerprint density at radius 1 is 1.14 bits per heavy atom. The summed E-state index contributed by atoms with van der Waals surface area (Å²) < 4.78 is 27.0. The highest BCUT2D eigenvalue weighted by molar-refractivity contribution is 7.90. The Morgan fingerprint density at radius 2 is 1.90 bits per heavy atom. The molecule has 0 saturated heterocycles. The molecule has 0 fully saturated rings. The molecule has 1 amide bonds. The highest BCUT2D eigenvalue weighted by Gasteiger charge is 2.27. The predicted molar refractivity (Wildman–Crippen MR) is 119 cm³/mol. The molecule has 0 saturated carbocycles. The van der Waals surface area contributed by atoms with E-state index in [4.69, 9.17) is 0 Å². The van der Waals surface area contributed by atoms with Crippen molar-refractivity contribution in [1.29, 1.82) is 0 Å². The Balaban J connectivity index is 1.81. The van der Waals surface area contributed by atoms with E-state index in [2.05, 4.69) is 24.1 Å². The quantitative estimate of drug-likeness (QED) is 0.665. The molecule has 3 aromatic rings. The van der Waals surface area contributed by atoms with Gasteiger partial charge in [0.15, 0.2) is 9.84 Å². The molecule has 1 aliphatic rings. The van der Waals surface area contributed by atoms with Gasteiger partial charge < -0.3 is 10.2 Å². The average Bonchev–Trinajstić information content (AvgIpc) is 2.99. The number of thiophene rings is 1. The fourth-order valence-electron chi connectivity index (χ4n) is 3.72. The highest BCUT2D eigenvalue weighted by Crippen LogP contribution is 2.40. The van der Waals surface area contributed by atoms with Crippen molar-refractivity contribution in [2.45, 2.75) is 24.5 Å². The summed E-state index contributed by atoms with van der Waals surface area (Å²) in [6, 6.07) is 14.4. The maximum Gasteiger partial charge on any atom is 0.263 e. The summed E-state index contributed by atoms with van der Waals surface area (Å²) in [4.78, 5) is 15.8. The molecule has 0 unspecified atom stereocenters. The fraction of sp³-hybridized carbons (Fsp3) is 0.318. The molecule has 152 valence electrons. The fourth-order valence-corrected chi connectivity index (χ4v) is 6.21. The van der Waals surface area contributed by atoms with Crippen molar-refractivity contribution in [2.24, 2.45) is 5.92 Å². The van der Waals surface area contributed by atoms with Crippen LogP contribution in [-0.4, -0.2) is 34.0 Å². The standard InChI is InChI=1S/C22H24N2O3S2/c1-15(2)13-24-11-10-23-22(25)21-20(24)18-12-17(8-9-19(18)28-21)29(26,27)14-16-6-4-3-5-7-16/h3-9,12,15H,10-11,13-14H2,1-2H3,(H,23,25). The molecular formula is C22H24N2O3S2. The smallest absolute Gasteiger partial charge is 0.263 e. The summed E-state index contributed by atoms with van der Waals surface area (Å²) in [7, 11) is -3.49. The molecule has 0 radical (unpaired) electrons. The van der Waals surface area contributed by atoms with Crippen LogP contribution in [-0.2, 0) is 15.6 Å². The van der Waals surface area contributed by atoms with Crippen molar-refractivity contribution in [1.82, 2.24) is 5.32 Å². The van der Waals surface area contributed by atoms with Gasteiger partial charge in [-0.15, -0.1) is 11.3 Å². The van der Waals surface area contributed by atoms with Crippen molar-refractivity contribution in [3.63, 3.8) is 0 Å². The number of benzene rings is 2. The van der Waals surface area contributed by atoms with Gasteiger partial charge in [-0.25, -0.2) is 8.42 Å². The molecule has 0 aliphatic carbocycles. The zero-order chi connectivity index (χ0) is 20.6. The van der Waals surface area contributed by atoms with Crippen LogP contribution in [0.25, 0.3) is 10.1 Å². The Hall–Kier alpha value is -2.38. The molecule has 1 aromatic heterocycles. The Bertz CT molecular complexity index is 1150. The molecule has 5 nitrogen and oxygen atoms in total. The monoisotopic (exact) mass is 428 g/mol. The zero-order valence-corrected chi connectivity index (χ0v) is 18.1. The molecular weight excluding hydrogens is 404 g/mol. The number of sulfone groups is 1. The lowest BCUT2D eigenvalue weighted by Gasteiger charge is -2.25. The number of hydrogen-bond donors (Lipinski definition) is 1. The number of fused-ring (bicyclic) bond motifs is 3. The van der Waals surface area contributed by atoms with Crippen molar-refractivity contribution in [3.05, 3.63) is 59.0 Å². The number of carbonyl (C=O) groups is 1. The molecule has 2 aromatic carbocycles. The van der Waals surface area contributed by atoms with Gasteiger partial charge in [0.25, 0.3) is 5.91 Å². The number of anilines is 1. The molecule has 1 N–H and O–H groups in total. The topological polar surface area (TPSA) is 66.5 Å². The molecule has 1 aliphatic heterocycles. The van der Waals surface area contributed by atoms with E-state index in [1.165, 1.54) is 11.3 Å². The van der Waals surface area contributed by atoms with Crippen LogP contribution in [0, 0.1) is 5.92 Å². The van der Waals surface area contributed by atoms with E-state index in [0.29, 0.717) is 28.8 Å². The first-order chi connectivity index (χ1) is 13.8. The van der Waals surface area contributed by atoms with Gasteiger partial charge in [0.1, 0.15) is 4.88 Å². The van der Waals surface area contributed by atoms with E-state index >= 15 is 0 Å². The lowest BCUT2D eigenvalue weighted by molar-refractivity contribution is 0.0962. The Labute approximate surface area is 175 Å². The molecule has 29 heavy (non-hydrogen) atoms. The third-order valence-corrected chi connectivity index (χ3v) is 7.81. The maximum atomic E-state index is 13.0. The van der Waals surface area contributed by atoms with Gasteiger partial charge in [0.05, 0.1) is 16.3 Å². The van der Waals surface area contributed by atoms with E-state index in [0.717, 1.165) is 27.9 Å². The summed E-state index contributed by atoms with van der Waals surface area (Å²) in [5.74, 6) is 0.305. The number of amides is 1. The summed E-state index contributed by atoms with van der Waals surface area (Å²) in [5.41, 5.74) is 1.63. The molecule has 4 rings (SSSR count). The van der Waals surface area contributed by atoms with E-state index < -0.39 is 9.84 Å². The van der Waals surface area contributed by atoms with Gasteiger partial charge in [-0.2, -0.15) is 0 Å². The van der Waals surface area contributed by atoms with Crippen LogP contribution in [0.4, 0.5) is 5.69 Å². The lowest BCUT2D eigenvalue weighted by atomic mass is 10.1. The average molecular weight is 429 g/mol. The minimum atomic E-state index is -3.49. The molecule has 7 heteroatoms. The van der Waals surface area contributed by atoms with Crippen LogP contribution in [0.3, 0.4) is 0 Å². The lowest BCUT2D eigenvalue weighted by Crippen LogP contribution is -2.32. The second-order valence-corrected chi connectivity index (χ2v) is 10.8. The van der Waals surface area contributed by atoms with Crippen molar-refractivity contribution >= 4 is 42.9 Å². The van der Waals surface area contributed by atoms with Crippen LogP contribution in [0.2, 0.25) is 0 Å². The number of hydrogen-bond acceptors (Lipinski definition) is 5. The maximum absolute atomic E-state index is 13.0. The van der Waals surface area contributed by atoms with Gasteiger partial charge in [0.2, 0.25) is 0 Å². The second kappa shape index (κ2) is 7.80. The normalized spacial score (nSPS) is 14.7. The van der Waals surface area contributed by atoms with Crippen molar-refractivity contribution in [3.8, 4) is 0 Å². The van der Waals surface area contributed by atoms with E-state index in [-0.39, 0.29) is 11.7 Å². The first-order valence-corrected chi connectivity index (χ1v) is 12.2. The molecule has 0 bridgehead atoms. The number of rotatable bonds is 5. The molecule has 0 atom stereocenters. The number of nitrogens with one attached hydrogen (secondary N) is 1. The summed E-state index contributed by atoms with van der Waals surface area (Å²) >= 11 is 1.43. The van der Waals surface area contributed by atoms with Gasteiger partial charge in [0, 0.05) is 29.7 Å². The van der Waals surface area contributed by atoms with Crippen molar-refractivity contribution in [2.75, 3.05) is 24.5 Å². The Morgan fingerprint density at radius 3 is 2.62 bits per heavy atom. The van der Waals surface area contributed by atoms with Crippen LogP contribution in [0.15, 0.2) is 53.4 Å². The SMILES string of the molecule is CC(C)CN1CCNC(=O)c2sc3ccc(S(=O)(=O)Cc4ccccc4)cc3c21. The Kier molecular flexibility index (Phi) is 5.36. The first kappa shape index (κ1) is 19.9. The van der Waals surface area contributed by atoms with Crippen LogP contribution >= 0.6 is 11.3 Å². The van der Waals surface area contributed by atoms with E-state index in [9.17, 15) is 13.2 Å². The number of nitrogens with zero attached hydrogens (tertiary/aromatic N) is 1. The van der Waals surface area contributed by atoms with Gasteiger partial charge in [-0.3, -0.25) is 4.79 Å². The third kappa shape index (κ3) is 4.02. The summed E-state index contributed by atoms with van der Waals surface area (Å²) in [6.07, 6.45) is 0. The van der Waals surface area contributed by atoms with Gasteiger partial charge >= 0.3 is 0 Å². The van der Waals surface area contributed by atoms with Crippen LogP contribution < -0.4 is 10.2 Å². The molecule has 2 heterocycles. The minimum absolute atomic E-state index is 0.0398. The zero-order valence-electron chi connectivity index (χ0n) is 16.5. The van der Waals surface area contributed by atoms with Gasteiger partial charge in [-0.1, -0.05) is 44.2 Å². The minimum Gasteiger partial charge on any atom is -0.368 e. The highest BCUT2D eigenvalue weighted by atomic mass is 32.2. The number of carbonyl (C=O) groups excluding carboxylic acids is 1. The van der Waals surface area contributed by atoms with E-state index in [1.807, 2.05) is 36.4 Å². The first-order valence-electron chi connectivity index (χ1n) is 9.71. The largest absolute Gasteiger partial charge is 0.368 e. The summed E-state index contributed by atoms with van der Waals surface area (Å²) in [5, 5.41) is 3.80.